The molecule has 3 rings (SSSR count). The highest BCUT2D eigenvalue weighted by atomic mass is 35.5. The van der Waals surface area contributed by atoms with Gasteiger partial charge < -0.3 is 20.3 Å². The fourth-order valence-corrected chi connectivity index (χ4v) is 6.11. The Morgan fingerprint density at radius 1 is 1.32 bits per heavy atom. The second kappa shape index (κ2) is 11.7. The lowest BCUT2D eigenvalue weighted by Gasteiger charge is -2.39. The van der Waals surface area contributed by atoms with Crippen LogP contribution in [0.3, 0.4) is 0 Å². The average molecular weight is 632 g/mol. The number of aliphatic hydroxyl groups excluding tert-OH is 1. The van der Waals surface area contributed by atoms with E-state index in [0.717, 1.165) is 30.9 Å². The summed E-state index contributed by atoms with van der Waals surface area (Å²) in [6.07, 6.45) is -5.75. The monoisotopic (exact) mass is 631 g/mol. The number of rotatable bonds is 9. The van der Waals surface area contributed by atoms with Crippen molar-refractivity contribution in [3.05, 3.63) is 34.5 Å². The Kier molecular flexibility index (Phi) is 9.38. The molecule has 9 nitrogen and oxygen atoms in total. The first-order valence-electron chi connectivity index (χ1n) is 12.4. The highest BCUT2D eigenvalue weighted by molar-refractivity contribution is 7.91. The van der Waals surface area contributed by atoms with Crippen molar-refractivity contribution in [1.82, 2.24) is 15.1 Å². The number of hydrogen-bond acceptors (Lipinski definition) is 7. The molecule has 41 heavy (non-hydrogen) atoms. The molecular formula is C25H31ClF5N3O6S. The third-order valence-electron chi connectivity index (χ3n) is 7.30. The number of halogens is 6. The zero-order valence-corrected chi connectivity index (χ0v) is 24.2. The zero-order chi connectivity index (χ0) is 31.1. The molecule has 1 heterocycles. The number of aliphatic hydroxyl groups is 2. The third-order valence-corrected chi connectivity index (χ3v) is 9.30. The quantitative estimate of drug-likeness (QED) is 0.358. The van der Waals surface area contributed by atoms with Gasteiger partial charge in [0, 0.05) is 25.4 Å². The molecule has 3 atom stereocenters. The molecule has 16 heteroatoms. The van der Waals surface area contributed by atoms with Gasteiger partial charge in [0.05, 0.1) is 27.5 Å². The maximum absolute atomic E-state index is 13.4. The third kappa shape index (κ3) is 7.30. The van der Waals surface area contributed by atoms with Gasteiger partial charge >= 0.3 is 12.8 Å². The number of nitrogens with one attached hydrogen (secondary N) is 1. The number of benzene rings is 1. The predicted octanol–water partition coefficient (Wildman–Crippen LogP) is 3.89. The number of carbonyl (C=O) groups excluding carboxylic acids is 1. The fraction of sp³-hybridized carbons (Fsp3) is 0.600. The van der Waals surface area contributed by atoms with Gasteiger partial charge in [-0.25, -0.2) is 8.42 Å². The molecule has 1 unspecified atom stereocenters. The van der Waals surface area contributed by atoms with E-state index in [4.69, 9.17) is 11.6 Å². The van der Waals surface area contributed by atoms with Gasteiger partial charge in [-0.3, -0.25) is 9.48 Å². The SMILES string of the molecule is Cn1nc(C(=O)NC[C@@]2(O)CCC(S(C)(=O)=O)C[C@@H]2O)c(Cl)c1-c1ccc(CC(C)(C)C(F)(F)F)cc1OC(F)F. The van der Waals surface area contributed by atoms with Gasteiger partial charge in [0.25, 0.3) is 5.91 Å². The number of sulfone groups is 1. The Morgan fingerprint density at radius 2 is 1.95 bits per heavy atom. The van der Waals surface area contributed by atoms with Crippen LogP contribution in [-0.4, -0.2) is 76.9 Å². The van der Waals surface area contributed by atoms with Crippen molar-refractivity contribution < 1.29 is 50.1 Å². The van der Waals surface area contributed by atoms with Crippen LogP contribution in [0.15, 0.2) is 18.2 Å². The maximum Gasteiger partial charge on any atom is 0.394 e. The molecule has 0 radical (unpaired) electrons. The summed E-state index contributed by atoms with van der Waals surface area (Å²) in [6, 6.07) is 3.58. The zero-order valence-electron chi connectivity index (χ0n) is 22.6. The summed E-state index contributed by atoms with van der Waals surface area (Å²) in [5.74, 6) is -1.37. The summed E-state index contributed by atoms with van der Waals surface area (Å²) in [5.41, 5.74) is -4.38. The first-order chi connectivity index (χ1) is 18.7. The second-order valence-corrected chi connectivity index (χ2v) is 13.6. The summed E-state index contributed by atoms with van der Waals surface area (Å²) in [7, 11) is -2.09. The Hall–Kier alpha value is -2.49. The van der Waals surface area contributed by atoms with E-state index in [9.17, 15) is 45.4 Å². The molecule has 0 aliphatic heterocycles. The lowest BCUT2D eigenvalue weighted by molar-refractivity contribution is -0.211. The van der Waals surface area contributed by atoms with Crippen LogP contribution in [0.2, 0.25) is 5.02 Å². The van der Waals surface area contributed by atoms with Crippen molar-refractivity contribution in [2.45, 2.75) is 69.3 Å². The summed E-state index contributed by atoms with van der Waals surface area (Å²) < 4.78 is 95.9. The standard InChI is InChI=1S/C25H31ClF5N3O6S/c1-23(2,25(29,30)31)11-13-5-6-15(16(9-13)40-22(27)28)20-18(26)19(33-34(20)3)21(36)32-12-24(37)8-7-14(10-17(24)35)41(4,38)39/h5-6,9,14,17,22,35,37H,7-8,10-12H2,1-4H3,(H,32,36)/t14?,17-,24-/m0/s1. The normalized spacial score (nSPS) is 22.2. The van der Waals surface area contributed by atoms with Crippen LogP contribution in [0.4, 0.5) is 22.0 Å². The first-order valence-corrected chi connectivity index (χ1v) is 14.7. The summed E-state index contributed by atoms with van der Waals surface area (Å²) in [6.45, 7) is -1.83. The van der Waals surface area contributed by atoms with E-state index >= 15 is 0 Å². The Bertz CT molecular complexity index is 1400. The molecule has 3 N–H and O–H groups in total. The van der Waals surface area contributed by atoms with Crippen molar-refractivity contribution in [2.24, 2.45) is 12.5 Å². The second-order valence-electron chi connectivity index (χ2n) is 10.9. The van der Waals surface area contributed by atoms with Crippen molar-refractivity contribution >= 4 is 27.3 Å². The van der Waals surface area contributed by atoms with Gasteiger partial charge in [-0.05, 0) is 43.4 Å². The van der Waals surface area contributed by atoms with Gasteiger partial charge in [-0.2, -0.15) is 27.1 Å². The highest BCUT2D eigenvalue weighted by Gasteiger charge is 2.47. The molecule has 0 spiro atoms. The highest BCUT2D eigenvalue weighted by Crippen LogP contribution is 2.43. The minimum absolute atomic E-state index is 0.0403. The van der Waals surface area contributed by atoms with E-state index in [0.29, 0.717) is 0 Å². The molecule has 0 bridgehead atoms. The number of carbonyl (C=O) groups is 1. The average Bonchev–Trinajstić information content (AvgIpc) is 3.11. The van der Waals surface area contributed by atoms with Crippen LogP contribution in [0, 0.1) is 5.41 Å². The number of nitrogens with zero attached hydrogens (tertiary/aromatic N) is 2. The number of ether oxygens (including phenoxy) is 1. The van der Waals surface area contributed by atoms with E-state index in [1.807, 2.05) is 0 Å². The van der Waals surface area contributed by atoms with Gasteiger partial charge in [0.2, 0.25) is 0 Å². The Morgan fingerprint density at radius 3 is 2.49 bits per heavy atom. The van der Waals surface area contributed by atoms with Crippen molar-refractivity contribution in [2.75, 3.05) is 12.8 Å². The number of hydrogen-bond donors (Lipinski definition) is 3. The molecule has 0 saturated heterocycles. The predicted molar refractivity (Wildman–Crippen MR) is 140 cm³/mol. The van der Waals surface area contributed by atoms with E-state index in [2.05, 4.69) is 15.2 Å². The smallest absolute Gasteiger partial charge is 0.394 e. The van der Waals surface area contributed by atoms with Crippen molar-refractivity contribution in [3.63, 3.8) is 0 Å². The molecule has 1 aliphatic rings. The molecular weight excluding hydrogens is 601 g/mol. The van der Waals surface area contributed by atoms with Crippen LogP contribution < -0.4 is 10.1 Å². The molecule has 1 fully saturated rings. The van der Waals surface area contributed by atoms with E-state index in [1.54, 1.807) is 0 Å². The van der Waals surface area contributed by atoms with Gasteiger partial charge in [-0.1, -0.05) is 31.5 Å². The van der Waals surface area contributed by atoms with Crippen LogP contribution in [0.25, 0.3) is 11.3 Å². The molecule has 1 saturated carbocycles. The van der Waals surface area contributed by atoms with Crippen LogP contribution in [-0.2, 0) is 23.3 Å². The molecule has 230 valence electrons. The van der Waals surface area contributed by atoms with Gasteiger partial charge in [0.15, 0.2) is 5.69 Å². The number of aryl methyl sites for hydroxylation is 1. The fourth-order valence-electron chi connectivity index (χ4n) is 4.69. The van der Waals surface area contributed by atoms with Crippen LogP contribution in [0.5, 0.6) is 5.75 Å². The van der Waals surface area contributed by atoms with E-state index < -0.39 is 69.6 Å². The molecule has 1 aromatic carbocycles. The Balaban J connectivity index is 1.87. The first kappa shape index (κ1) is 33.0. The number of aromatic nitrogens is 2. The summed E-state index contributed by atoms with van der Waals surface area (Å²) in [5, 5.41) is 26.5. The minimum atomic E-state index is -4.56. The topological polar surface area (TPSA) is 131 Å². The lowest BCUT2D eigenvalue weighted by atomic mass is 9.82. The summed E-state index contributed by atoms with van der Waals surface area (Å²) >= 11 is 6.41. The number of alkyl halides is 5. The van der Waals surface area contributed by atoms with E-state index in [1.165, 1.54) is 19.2 Å². The molecule has 2 aromatic rings. The van der Waals surface area contributed by atoms with Crippen molar-refractivity contribution in [3.8, 4) is 17.0 Å². The molecule has 1 aromatic heterocycles. The summed E-state index contributed by atoms with van der Waals surface area (Å²) in [4.78, 5) is 12.9. The molecule has 1 aliphatic carbocycles. The minimum Gasteiger partial charge on any atom is -0.434 e. The number of amides is 1. The van der Waals surface area contributed by atoms with Gasteiger partial charge in [0.1, 0.15) is 21.2 Å². The van der Waals surface area contributed by atoms with Crippen LogP contribution in [0.1, 0.15) is 49.2 Å². The molecule has 1 amide bonds. The largest absolute Gasteiger partial charge is 0.434 e. The Labute approximate surface area is 238 Å². The van der Waals surface area contributed by atoms with Crippen molar-refractivity contribution in [1.29, 1.82) is 0 Å². The maximum atomic E-state index is 13.4. The van der Waals surface area contributed by atoms with E-state index in [-0.39, 0.29) is 46.8 Å². The lowest BCUT2D eigenvalue weighted by Crippen LogP contribution is -2.56. The van der Waals surface area contributed by atoms with Crippen LogP contribution >= 0.6 is 11.6 Å². The van der Waals surface area contributed by atoms with Gasteiger partial charge in [-0.15, -0.1) is 0 Å².